The Hall–Kier alpha value is -1.56. The highest BCUT2D eigenvalue weighted by atomic mass is 35.5. The van der Waals surface area contributed by atoms with Crippen molar-refractivity contribution in [2.75, 3.05) is 5.73 Å². The van der Waals surface area contributed by atoms with Crippen LogP contribution in [0.1, 0.15) is 24.1 Å². The van der Waals surface area contributed by atoms with E-state index < -0.39 is 10.0 Å². The molecule has 0 radical (unpaired) electrons. The van der Waals surface area contributed by atoms with Crippen LogP contribution in [-0.4, -0.2) is 8.42 Å². The van der Waals surface area contributed by atoms with E-state index in [0.29, 0.717) is 16.3 Å². The summed E-state index contributed by atoms with van der Waals surface area (Å²) in [7, 11) is -3.70. The van der Waals surface area contributed by atoms with E-state index >= 15 is 0 Å². The van der Waals surface area contributed by atoms with E-state index in [-0.39, 0.29) is 10.9 Å². The summed E-state index contributed by atoms with van der Waals surface area (Å²) in [5.74, 6) is 0. The van der Waals surface area contributed by atoms with Gasteiger partial charge in [-0.2, -0.15) is 0 Å². The van der Waals surface area contributed by atoms with Crippen molar-refractivity contribution in [3.8, 4) is 0 Å². The van der Waals surface area contributed by atoms with Crippen molar-refractivity contribution < 1.29 is 8.42 Å². The van der Waals surface area contributed by atoms with Crippen molar-refractivity contribution >= 4 is 27.3 Å². The highest BCUT2D eigenvalue weighted by molar-refractivity contribution is 7.89. The molecule has 1 atom stereocenters. The minimum Gasteiger partial charge on any atom is -0.398 e. The van der Waals surface area contributed by atoms with Gasteiger partial charge in [-0.15, -0.1) is 0 Å². The highest BCUT2D eigenvalue weighted by Gasteiger charge is 2.22. The molecule has 2 aromatic rings. The zero-order chi connectivity index (χ0) is 15.6. The van der Waals surface area contributed by atoms with Gasteiger partial charge < -0.3 is 5.73 Å². The third-order valence-corrected chi connectivity index (χ3v) is 5.17. The molecule has 0 aliphatic rings. The molecule has 0 spiro atoms. The molecule has 0 bridgehead atoms. The zero-order valence-electron chi connectivity index (χ0n) is 11.8. The van der Waals surface area contributed by atoms with Crippen LogP contribution >= 0.6 is 11.6 Å². The van der Waals surface area contributed by atoms with Crippen LogP contribution in [0.4, 0.5) is 5.69 Å². The van der Waals surface area contributed by atoms with Crippen molar-refractivity contribution in [3.05, 3.63) is 58.6 Å². The molecule has 0 aromatic heterocycles. The fourth-order valence-electron chi connectivity index (χ4n) is 2.06. The van der Waals surface area contributed by atoms with E-state index in [1.807, 2.05) is 30.3 Å². The topological polar surface area (TPSA) is 72.2 Å². The molecular weight excluding hydrogens is 308 g/mol. The predicted molar refractivity (Wildman–Crippen MR) is 85.8 cm³/mol. The van der Waals surface area contributed by atoms with E-state index in [1.165, 1.54) is 12.1 Å². The Morgan fingerprint density at radius 2 is 1.81 bits per heavy atom. The molecule has 6 heteroatoms. The number of halogens is 1. The van der Waals surface area contributed by atoms with Crippen LogP contribution in [0, 0.1) is 6.92 Å². The van der Waals surface area contributed by atoms with Gasteiger partial charge in [0.1, 0.15) is 0 Å². The van der Waals surface area contributed by atoms with Crippen molar-refractivity contribution in [2.24, 2.45) is 0 Å². The number of nitrogens with two attached hydrogens (primary N) is 1. The van der Waals surface area contributed by atoms with E-state index in [2.05, 4.69) is 4.72 Å². The van der Waals surface area contributed by atoms with E-state index in [9.17, 15) is 8.42 Å². The third kappa shape index (κ3) is 3.56. The Kier molecular flexibility index (Phi) is 4.56. The first-order chi connectivity index (χ1) is 9.81. The first-order valence-electron chi connectivity index (χ1n) is 6.44. The lowest BCUT2D eigenvalue weighted by atomic mass is 10.1. The maximum atomic E-state index is 12.5. The van der Waals surface area contributed by atoms with Gasteiger partial charge in [-0.05, 0) is 37.1 Å². The molecule has 21 heavy (non-hydrogen) atoms. The van der Waals surface area contributed by atoms with E-state index in [4.69, 9.17) is 17.3 Å². The summed E-state index contributed by atoms with van der Waals surface area (Å²) in [4.78, 5) is 0.107. The number of nitrogens with one attached hydrogen (secondary N) is 1. The van der Waals surface area contributed by atoms with Crippen LogP contribution in [0.2, 0.25) is 5.02 Å². The number of hydrogen-bond acceptors (Lipinski definition) is 3. The number of rotatable bonds is 4. The Bertz CT molecular complexity index is 746. The van der Waals surface area contributed by atoms with Crippen LogP contribution in [-0.2, 0) is 10.0 Å². The van der Waals surface area contributed by atoms with Crippen molar-refractivity contribution in [3.63, 3.8) is 0 Å². The highest BCUT2D eigenvalue weighted by Crippen LogP contribution is 2.27. The molecule has 0 amide bonds. The maximum Gasteiger partial charge on any atom is 0.241 e. The van der Waals surface area contributed by atoms with Gasteiger partial charge in [0.15, 0.2) is 0 Å². The fraction of sp³-hybridized carbons (Fsp3) is 0.200. The minimum absolute atomic E-state index is 0.107. The van der Waals surface area contributed by atoms with Gasteiger partial charge in [0, 0.05) is 16.8 Å². The number of anilines is 1. The predicted octanol–water partition coefficient (Wildman–Crippen LogP) is 3.27. The lowest BCUT2D eigenvalue weighted by Gasteiger charge is -2.16. The second kappa shape index (κ2) is 6.05. The van der Waals surface area contributed by atoms with Crippen molar-refractivity contribution in [1.29, 1.82) is 0 Å². The Balaban J connectivity index is 2.35. The van der Waals surface area contributed by atoms with Gasteiger partial charge in [-0.1, -0.05) is 41.9 Å². The van der Waals surface area contributed by atoms with Gasteiger partial charge in [-0.3, -0.25) is 0 Å². The molecule has 0 aliphatic heterocycles. The number of nitrogen functional groups attached to an aromatic ring is 1. The smallest absolute Gasteiger partial charge is 0.241 e. The van der Waals surface area contributed by atoms with Crippen LogP contribution in [0.15, 0.2) is 47.4 Å². The first-order valence-corrected chi connectivity index (χ1v) is 8.30. The molecule has 0 fully saturated rings. The van der Waals surface area contributed by atoms with Crippen LogP contribution in [0.25, 0.3) is 0 Å². The van der Waals surface area contributed by atoms with E-state index in [0.717, 1.165) is 5.56 Å². The number of benzene rings is 2. The largest absolute Gasteiger partial charge is 0.398 e. The van der Waals surface area contributed by atoms with E-state index in [1.54, 1.807) is 13.8 Å². The average molecular weight is 325 g/mol. The summed E-state index contributed by atoms with van der Waals surface area (Å²) in [6, 6.07) is 11.9. The summed E-state index contributed by atoms with van der Waals surface area (Å²) in [5, 5.41) is 0.297. The van der Waals surface area contributed by atoms with Crippen molar-refractivity contribution in [1.82, 2.24) is 4.72 Å². The average Bonchev–Trinajstić information content (AvgIpc) is 2.43. The maximum absolute atomic E-state index is 12.5. The minimum atomic E-state index is -3.70. The second-order valence-corrected chi connectivity index (χ2v) is 6.99. The molecule has 112 valence electrons. The van der Waals surface area contributed by atoms with Gasteiger partial charge in [0.2, 0.25) is 10.0 Å². The summed E-state index contributed by atoms with van der Waals surface area (Å²) in [6.45, 7) is 3.45. The Labute approximate surface area is 130 Å². The van der Waals surface area contributed by atoms with Crippen LogP contribution in [0.5, 0.6) is 0 Å². The summed E-state index contributed by atoms with van der Waals surface area (Å²) in [6.07, 6.45) is 0. The van der Waals surface area contributed by atoms with Gasteiger partial charge in [0.25, 0.3) is 0 Å². The fourth-order valence-corrected chi connectivity index (χ4v) is 3.88. The van der Waals surface area contributed by atoms with Gasteiger partial charge in [-0.25, -0.2) is 13.1 Å². The molecule has 0 aliphatic carbocycles. The van der Waals surface area contributed by atoms with Gasteiger partial charge in [0.05, 0.1) is 4.90 Å². The van der Waals surface area contributed by atoms with Crippen LogP contribution in [0.3, 0.4) is 0 Å². The quantitative estimate of drug-likeness (QED) is 0.848. The molecule has 0 saturated heterocycles. The SMILES string of the molecule is Cc1c(N)cc(Cl)cc1S(=O)(=O)N[C@H](C)c1ccccc1. The molecule has 2 aromatic carbocycles. The molecule has 0 saturated carbocycles. The Morgan fingerprint density at radius 3 is 2.43 bits per heavy atom. The number of hydrogen-bond donors (Lipinski definition) is 2. The molecule has 0 heterocycles. The lowest BCUT2D eigenvalue weighted by molar-refractivity contribution is 0.566. The molecule has 0 unspecified atom stereocenters. The third-order valence-electron chi connectivity index (χ3n) is 3.29. The normalized spacial score (nSPS) is 13.1. The zero-order valence-corrected chi connectivity index (χ0v) is 13.4. The second-order valence-electron chi connectivity index (χ2n) is 4.87. The molecular formula is C15H17ClN2O2S. The van der Waals surface area contributed by atoms with Gasteiger partial charge >= 0.3 is 0 Å². The first kappa shape index (κ1) is 15.8. The lowest BCUT2D eigenvalue weighted by Crippen LogP contribution is -2.27. The Morgan fingerprint density at radius 1 is 1.19 bits per heavy atom. The monoisotopic (exact) mass is 324 g/mol. The molecule has 2 rings (SSSR count). The standard InChI is InChI=1S/C15H17ClN2O2S/c1-10-14(17)8-13(16)9-15(10)21(19,20)18-11(2)12-6-4-3-5-7-12/h3-9,11,18H,17H2,1-2H3/t11-/m1/s1. The van der Waals surface area contributed by atoms with Crippen molar-refractivity contribution in [2.45, 2.75) is 24.8 Å². The number of sulfonamides is 1. The summed E-state index contributed by atoms with van der Waals surface area (Å²) < 4.78 is 27.7. The molecule has 3 N–H and O–H groups in total. The summed E-state index contributed by atoms with van der Waals surface area (Å²) in [5.41, 5.74) is 7.52. The summed E-state index contributed by atoms with van der Waals surface area (Å²) >= 11 is 5.91. The molecule has 4 nitrogen and oxygen atoms in total. The van der Waals surface area contributed by atoms with Crippen LogP contribution < -0.4 is 10.5 Å².